The SMILES string of the molecule is CCSc1nc(NC(C)C)c2cnn(CCNC(=O)COc3ccc(OC)cc3)c2n1. The van der Waals surface area contributed by atoms with Crippen LogP contribution in [0, 0.1) is 0 Å². The van der Waals surface area contributed by atoms with Gasteiger partial charge in [0, 0.05) is 12.6 Å². The van der Waals surface area contributed by atoms with Crippen molar-refractivity contribution >= 4 is 34.5 Å². The van der Waals surface area contributed by atoms with Gasteiger partial charge in [-0.25, -0.2) is 14.6 Å². The van der Waals surface area contributed by atoms with Crippen molar-refractivity contribution in [1.29, 1.82) is 0 Å². The van der Waals surface area contributed by atoms with Crippen LogP contribution in [0.3, 0.4) is 0 Å². The molecule has 0 aliphatic heterocycles. The van der Waals surface area contributed by atoms with Gasteiger partial charge in [0.15, 0.2) is 17.4 Å². The Balaban J connectivity index is 1.58. The van der Waals surface area contributed by atoms with Gasteiger partial charge in [0.25, 0.3) is 5.91 Å². The summed E-state index contributed by atoms with van der Waals surface area (Å²) in [4.78, 5) is 21.4. The van der Waals surface area contributed by atoms with E-state index in [1.807, 2.05) is 0 Å². The lowest BCUT2D eigenvalue weighted by atomic mass is 10.3. The quantitative estimate of drug-likeness (QED) is 0.344. The summed E-state index contributed by atoms with van der Waals surface area (Å²) in [5.41, 5.74) is 0.748. The number of benzene rings is 1. The molecule has 31 heavy (non-hydrogen) atoms. The maximum atomic E-state index is 12.1. The predicted octanol–water partition coefficient (Wildman–Crippen LogP) is 2.96. The molecule has 10 heteroatoms. The molecule has 0 radical (unpaired) electrons. The average molecular weight is 445 g/mol. The Kier molecular flexibility index (Phi) is 7.94. The van der Waals surface area contributed by atoms with Crippen LogP contribution in [-0.2, 0) is 11.3 Å². The van der Waals surface area contributed by atoms with Gasteiger partial charge in [-0.2, -0.15) is 5.10 Å². The van der Waals surface area contributed by atoms with Gasteiger partial charge in [-0.15, -0.1) is 0 Å². The van der Waals surface area contributed by atoms with Crippen LogP contribution in [0.2, 0.25) is 0 Å². The van der Waals surface area contributed by atoms with Crippen LogP contribution in [0.5, 0.6) is 11.5 Å². The molecule has 0 aliphatic carbocycles. The number of thioether (sulfide) groups is 1. The molecule has 0 saturated carbocycles. The lowest BCUT2D eigenvalue weighted by molar-refractivity contribution is -0.123. The fourth-order valence-electron chi connectivity index (χ4n) is 2.85. The third kappa shape index (κ3) is 6.24. The molecule has 3 aromatic rings. The number of carbonyl (C=O) groups excluding carboxylic acids is 1. The Morgan fingerprint density at radius 1 is 1.19 bits per heavy atom. The number of rotatable bonds is 11. The zero-order valence-corrected chi connectivity index (χ0v) is 19.0. The first-order chi connectivity index (χ1) is 15.0. The number of carbonyl (C=O) groups is 1. The molecule has 166 valence electrons. The van der Waals surface area contributed by atoms with Crippen LogP contribution < -0.4 is 20.1 Å². The highest BCUT2D eigenvalue weighted by Gasteiger charge is 2.14. The molecule has 0 aliphatic rings. The first-order valence-corrected chi connectivity index (χ1v) is 11.1. The van der Waals surface area contributed by atoms with Crippen LogP contribution in [0.4, 0.5) is 5.82 Å². The number of hydrogen-bond donors (Lipinski definition) is 2. The third-order valence-electron chi connectivity index (χ3n) is 4.25. The molecule has 2 N–H and O–H groups in total. The standard InChI is InChI=1S/C21H28N6O3S/c1-5-31-21-25-19(24-14(2)3)17-12-23-27(20(17)26-21)11-10-22-18(28)13-30-16-8-6-15(29-4)7-9-16/h6-9,12,14H,5,10-11,13H2,1-4H3,(H,22,28)(H,24,25,26). The Bertz CT molecular complexity index is 1010. The molecular formula is C21H28N6O3S. The zero-order chi connectivity index (χ0) is 22.2. The van der Waals surface area contributed by atoms with Crippen molar-refractivity contribution in [3.8, 4) is 11.5 Å². The summed E-state index contributed by atoms with van der Waals surface area (Å²) in [5, 5.41) is 12.2. The number of methoxy groups -OCH3 is 1. The van der Waals surface area contributed by atoms with Gasteiger partial charge in [-0.05, 0) is 43.9 Å². The number of amides is 1. The molecule has 0 saturated heterocycles. The summed E-state index contributed by atoms with van der Waals surface area (Å²) < 4.78 is 12.4. The minimum atomic E-state index is -0.203. The van der Waals surface area contributed by atoms with Gasteiger partial charge >= 0.3 is 0 Å². The average Bonchev–Trinajstić information content (AvgIpc) is 3.16. The van der Waals surface area contributed by atoms with E-state index < -0.39 is 0 Å². The summed E-state index contributed by atoms with van der Waals surface area (Å²) in [5.74, 6) is 2.80. The third-order valence-corrected chi connectivity index (χ3v) is 4.98. The van der Waals surface area contributed by atoms with Crippen molar-refractivity contribution in [1.82, 2.24) is 25.1 Å². The maximum Gasteiger partial charge on any atom is 0.258 e. The highest BCUT2D eigenvalue weighted by molar-refractivity contribution is 7.99. The van der Waals surface area contributed by atoms with Gasteiger partial charge in [-0.1, -0.05) is 18.7 Å². The summed E-state index contributed by atoms with van der Waals surface area (Å²) >= 11 is 1.58. The van der Waals surface area contributed by atoms with Gasteiger partial charge < -0.3 is 20.1 Å². The van der Waals surface area contributed by atoms with Crippen LogP contribution in [0.15, 0.2) is 35.6 Å². The molecule has 3 rings (SSSR count). The van der Waals surface area contributed by atoms with Crippen molar-refractivity contribution in [2.24, 2.45) is 0 Å². The molecule has 0 spiro atoms. The van der Waals surface area contributed by atoms with Crippen molar-refractivity contribution < 1.29 is 14.3 Å². The summed E-state index contributed by atoms with van der Waals surface area (Å²) in [6.07, 6.45) is 1.76. The van der Waals surface area contributed by atoms with E-state index in [0.717, 1.165) is 28.4 Å². The highest BCUT2D eigenvalue weighted by atomic mass is 32.2. The molecule has 0 unspecified atom stereocenters. The minimum absolute atomic E-state index is 0.0614. The topological polar surface area (TPSA) is 103 Å². The molecule has 9 nitrogen and oxygen atoms in total. The van der Waals surface area contributed by atoms with Crippen LogP contribution in [-0.4, -0.2) is 57.7 Å². The van der Waals surface area contributed by atoms with Gasteiger partial charge in [0.2, 0.25) is 0 Å². The molecule has 2 heterocycles. The largest absolute Gasteiger partial charge is 0.497 e. The Morgan fingerprint density at radius 3 is 2.61 bits per heavy atom. The fourth-order valence-corrected chi connectivity index (χ4v) is 3.41. The van der Waals surface area contributed by atoms with E-state index in [1.165, 1.54) is 0 Å². The second-order valence-corrected chi connectivity index (χ2v) is 8.24. The second kappa shape index (κ2) is 10.9. The van der Waals surface area contributed by atoms with Gasteiger partial charge in [0.05, 0.1) is 25.2 Å². The van der Waals surface area contributed by atoms with Crippen molar-refractivity contribution in [2.75, 3.05) is 31.3 Å². The number of aromatic nitrogens is 4. The fraction of sp³-hybridized carbons (Fsp3) is 0.429. The molecule has 2 aromatic heterocycles. The normalized spacial score (nSPS) is 11.0. The molecule has 1 aromatic carbocycles. The van der Waals surface area contributed by atoms with E-state index in [1.54, 1.807) is 54.0 Å². The zero-order valence-electron chi connectivity index (χ0n) is 18.2. The molecule has 0 fully saturated rings. The van der Waals surface area contributed by atoms with Crippen LogP contribution in [0.25, 0.3) is 11.0 Å². The number of nitrogens with zero attached hydrogens (tertiary/aromatic N) is 4. The van der Waals surface area contributed by atoms with Crippen LogP contribution in [0.1, 0.15) is 20.8 Å². The minimum Gasteiger partial charge on any atom is -0.497 e. The smallest absolute Gasteiger partial charge is 0.258 e. The lowest BCUT2D eigenvalue weighted by Gasteiger charge is -2.12. The summed E-state index contributed by atoms with van der Waals surface area (Å²) in [6.45, 7) is 7.03. The number of fused-ring (bicyclic) bond motifs is 1. The lowest BCUT2D eigenvalue weighted by Crippen LogP contribution is -2.31. The molecular weight excluding hydrogens is 416 g/mol. The van der Waals surface area contributed by atoms with E-state index in [4.69, 9.17) is 9.47 Å². The Labute approximate surface area is 185 Å². The van der Waals surface area contributed by atoms with E-state index in [0.29, 0.717) is 24.0 Å². The Morgan fingerprint density at radius 2 is 1.94 bits per heavy atom. The van der Waals surface area contributed by atoms with E-state index in [-0.39, 0.29) is 18.6 Å². The van der Waals surface area contributed by atoms with Crippen molar-refractivity contribution in [3.63, 3.8) is 0 Å². The van der Waals surface area contributed by atoms with E-state index >= 15 is 0 Å². The van der Waals surface area contributed by atoms with Crippen molar-refractivity contribution in [2.45, 2.75) is 38.5 Å². The van der Waals surface area contributed by atoms with E-state index in [2.05, 4.69) is 46.5 Å². The number of anilines is 1. The summed E-state index contributed by atoms with van der Waals surface area (Å²) in [6, 6.07) is 7.33. The monoisotopic (exact) mass is 444 g/mol. The Hall–Kier alpha value is -3.01. The molecule has 0 atom stereocenters. The first-order valence-electron chi connectivity index (χ1n) is 10.2. The van der Waals surface area contributed by atoms with Crippen LogP contribution >= 0.6 is 11.8 Å². The number of nitrogens with one attached hydrogen (secondary N) is 2. The number of hydrogen-bond acceptors (Lipinski definition) is 8. The first kappa shape index (κ1) is 22.7. The van der Waals surface area contributed by atoms with Crippen molar-refractivity contribution in [3.05, 3.63) is 30.5 Å². The van der Waals surface area contributed by atoms with Gasteiger partial charge in [-0.3, -0.25) is 4.79 Å². The molecule has 1 amide bonds. The highest BCUT2D eigenvalue weighted by Crippen LogP contribution is 2.24. The molecule has 0 bridgehead atoms. The van der Waals surface area contributed by atoms with Gasteiger partial charge in [0.1, 0.15) is 17.3 Å². The number of ether oxygens (including phenoxy) is 2. The maximum absolute atomic E-state index is 12.1. The predicted molar refractivity (Wildman–Crippen MR) is 122 cm³/mol. The van der Waals surface area contributed by atoms with E-state index in [9.17, 15) is 4.79 Å². The summed E-state index contributed by atoms with van der Waals surface area (Å²) in [7, 11) is 1.60. The second-order valence-electron chi connectivity index (χ2n) is 7.01.